The number of anilines is 1. The van der Waals surface area contributed by atoms with Gasteiger partial charge in [0.25, 0.3) is 0 Å². The first-order valence-corrected chi connectivity index (χ1v) is 11.8. The third kappa shape index (κ3) is 4.15. The SMILES string of the molecule is CNc1cc(-c2ccc3cc(C#N)cnn23)ncc1-c1nnc([C@H]2CC[C@H](NC(=O)O)CC2)s1. The second kappa shape index (κ2) is 9.07. The summed E-state index contributed by atoms with van der Waals surface area (Å²) in [5.74, 6) is 0.292. The van der Waals surface area contributed by atoms with E-state index in [9.17, 15) is 4.79 Å². The molecule has 1 aliphatic carbocycles. The fourth-order valence-corrected chi connectivity index (χ4v) is 5.43. The Bertz CT molecular complexity index is 1400. The van der Waals surface area contributed by atoms with Crippen LogP contribution in [-0.2, 0) is 0 Å². The Kier molecular flexibility index (Phi) is 5.81. The second-order valence-corrected chi connectivity index (χ2v) is 9.23. The van der Waals surface area contributed by atoms with Crippen LogP contribution in [0.3, 0.4) is 0 Å². The molecule has 1 saturated carbocycles. The third-order valence-corrected chi connectivity index (χ3v) is 7.26. The number of hydrogen-bond acceptors (Lipinski definition) is 8. The minimum Gasteiger partial charge on any atom is -0.465 e. The van der Waals surface area contributed by atoms with Gasteiger partial charge in [-0.05, 0) is 49.9 Å². The number of fused-ring (bicyclic) bond motifs is 1. The summed E-state index contributed by atoms with van der Waals surface area (Å²) in [6.07, 6.45) is 5.75. The van der Waals surface area contributed by atoms with Gasteiger partial charge in [0.15, 0.2) is 5.01 Å². The minimum absolute atomic E-state index is 0.0138. The molecule has 1 aliphatic rings. The maximum Gasteiger partial charge on any atom is 0.404 e. The van der Waals surface area contributed by atoms with Crippen LogP contribution in [0.15, 0.2) is 36.7 Å². The first-order chi connectivity index (χ1) is 16.6. The van der Waals surface area contributed by atoms with Crippen molar-refractivity contribution in [1.82, 2.24) is 30.1 Å². The van der Waals surface area contributed by atoms with Gasteiger partial charge in [-0.2, -0.15) is 10.4 Å². The summed E-state index contributed by atoms with van der Waals surface area (Å²) in [5, 5.41) is 38.9. The molecule has 4 heterocycles. The van der Waals surface area contributed by atoms with Crippen molar-refractivity contribution in [2.45, 2.75) is 37.6 Å². The monoisotopic (exact) mass is 474 g/mol. The Hall–Kier alpha value is -4.04. The van der Waals surface area contributed by atoms with E-state index >= 15 is 0 Å². The number of carbonyl (C=O) groups is 1. The molecule has 5 rings (SSSR count). The molecule has 0 bridgehead atoms. The first kappa shape index (κ1) is 21.8. The number of carboxylic acid groups (broad SMARTS) is 1. The maximum absolute atomic E-state index is 10.9. The van der Waals surface area contributed by atoms with Crippen molar-refractivity contribution in [3.05, 3.63) is 47.2 Å². The van der Waals surface area contributed by atoms with Crippen LogP contribution in [0.2, 0.25) is 0 Å². The van der Waals surface area contributed by atoms with Crippen LogP contribution in [-0.4, -0.2) is 49.1 Å². The molecule has 1 amide bonds. The lowest BCUT2D eigenvalue weighted by Crippen LogP contribution is -2.36. The van der Waals surface area contributed by atoms with Crippen LogP contribution in [0.4, 0.5) is 10.5 Å². The van der Waals surface area contributed by atoms with E-state index in [1.165, 1.54) is 6.20 Å². The molecule has 0 unspecified atom stereocenters. The van der Waals surface area contributed by atoms with Gasteiger partial charge in [-0.15, -0.1) is 10.2 Å². The maximum atomic E-state index is 10.9. The molecule has 172 valence electrons. The van der Waals surface area contributed by atoms with Gasteiger partial charge >= 0.3 is 6.09 Å². The van der Waals surface area contributed by atoms with Crippen LogP contribution in [0.1, 0.15) is 42.2 Å². The number of amides is 1. The van der Waals surface area contributed by atoms with E-state index in [2.05, 4.69) is 37.0 Å². The lowest BCUT2D eigenvalue weighted by atomic mass is 9.86. The normalized spacial score (nSPS) is 17.9. The highest BCUT2D eigenvalue weighted by atomic mass is 32.1. The van der Waals surface area contributed by atoms with E-state index in [4.69, 9.17) is 10.4 Å². The summed E-state index contributed by atoms with van der Waals surface area (Å²) in [7, 11) is 1.86. The lowest BCUT2D eigenvalue weighted by Gasteiger charge is -2.26. The van der Waals surface area contributed by atoms with E-state index in [0.29, 0.717) is 11.5 Å². The van der Waals surface area contributed by atoms with Crippen molar-refractivity contribution in [2.24, 2.45) is 0 Å². The summed E-state index contributed by atoms with van der Waals surface area (Å²) in [4.78, 5) is 15.5. The van der Waals surface area contributed by atoms with E-state index in [1.54, 1.807) is 28.1 Å². The molecule has 0 saturated heterocycles. The molecule has 4 aromatic heterocycles. The average molecular weight is 475 g/mol. The van der Waals surface area contributed by atoms with Crippen molar-refractivity contribution in [2.75, 3.05) is 12.4 Å². The van der Waals surface area contributed by atoms with Gasteiger partial charge in [0.2, 0.25) is 0 Å². The molecule has 11 heteroatoms. The number of nitriles is 1. The number of nitrogens with zero attached hydrogens (tertiary/aromatic N) is 6. The van der Waals surface area contributed by atoms with E-state index < -0.39 is 6.09 Å². The molecule has 0 aliphatic heterocycles. The fourth-order valence-electron chi connectivity index (χ4n) is 4.39. The predicted octanol–water partition coefficient (Wildman–Crippen LogP) is 4.12. The van der Waals surface area contributed by atoms with Gasteiger partial charge in [-0.3, -0.25) is 4.98 Å². The van der Waals surface area contributed by atoms with E-state index in [1.807, 2.05) is 25.2 Å². The molecular formula is C23H22N8O2S. The van der Waals surface area contributed by atoms with Gasteiger partial charge in [0, 0.05) is 30.9 Å². The van der Waals surface area contributed by atoms with E-state index in [0.717, 1.165) is 63.9 Å². The standard InChI is InChI=1S/C23H22N8O2S/c1-25-18-9-19(20-7-6-16-8-13(10-24)11-27-31(16)20)26-12-17(18)22-30-29-21(34-22)14-2-4-15(5-3-14)28-23(32)33/h6-9,11-12,14-15,28H,2-5H2,1H3,(H,25,26)(H,32,33)/t14-,15-. The van der Waals surface area contributed by atoms with Crippen LogP contribution in [0, 0.1) is 11.3 Å². The average Bonchev–Trinajstić information content (AvgIpc) is 3.51. The molecule has 0 aromatic carbocycles. The molecule has 3 N–H and O–H groups in total. The predicted molar refractivity (Wildman–Crippen MR) is 128 cm³/mol. The van der Waals surface area contributed by atoms with Gasteiger partial charge in [0.05, 0.1) is 34.2 Å². The first-order valence-electron chi connectivity index (χ1n) is 10.9. The number of aromatic nitrogens is 5. The lowest BCUT2D eigenvalue weighted by molar-refractivity contribution is 0.185. The zero-order valence-electron chi connectivity index (χ0n) is 18.4. The molecular weight excluding hydrogens is 452 g/mol. The highest BCUT2D eigenvalue weighted by Crippen LogP contribution is 2.38. The summed E-state index contributed by atoms with van der Waals surface area (Å²) in [6, 6.07) is 9.72. The molecule has 4 aromatic rings. The van der Waals surface area contributed by atoms with Gasteiger partial charge in [0.1, 0.15) is 11.1 Å². The number of pyridine rings is 1. The highest BCUT2D eigenvalue weighted by Gasteiger charge is 2.26. The van der Waals surface area contributed by atoms with Crippen molar-refractivity contribution in [1.29, 1.82) is 5.26 Å². The minimum atomic E-state index is -0.965. The van der Waals surface area contributed by atoms with Crippen molar-refractivity contribution in [3.63, 3.8) is 0 Å². The van der Waals surface area contributed by atoms with Crippen molar-refractivity contribution < 1.29 is 9.90 Å². The van der Waals surface area contributed by atoms with Crippen molar-refractivity contribution >= 4 is 28.6 Å². The Morgan fingerprint density at radius 1 is 1.21 bits per heavy atom. The largest absolute Gasteiger partial charge is 0.465 e. The molecule has 0 radical (unpaired) electrons. The summed E-state index contributed by atoms with van der Waals surface area (Å²) in [6.45, 7) is 0. The van der Waals surface area contributed by atoms with Gasteiger partial charge in [-0.1, -0.05) is 11.3 Å². The molecule has 1 fully saturated rings. The van der Waals surface area contributed by atoms with Gasteiger partial charge < -0.3 is 15.7 Å². The third-order valence-electron chi connectivity index (χ3n) is 6.14. The Morgan fingerprint density at radius 2 is 2.03 bits per heavy atom. The quantitative estimate of drug-likeness (QED) is 0.392. The zero-order valence-corrected chi connectivity index (χ0v) is 19.2. The molecule has 0 spiro atoms. The van der Waals surface area contributed by atoms with E-state index in [-0.39, 0.29) is 6.04 Å². The molecule has 34 heavy (non-hydrogen) atoms. The summed E-state index contributed by atoms with van der Waals surface area (Å²) >= 11 is 1.56. The van der Waals surface area contributed by atoms with Crippen LogP contribution >= 0.6 is 11.3 Å². The molecule has 10 nitrogen and oxygen atoms in total. The van der Waals surface area contributed by atoms with Crippen LogP contribution in [0.25, 0.3) is 27.5 Å². The number of nitrogens with one attached hydrogen (secondary N) is 2. The highest BCUT2D eigenvalue weighted by molar-refractivity contribution is 7.14. The second-order valence-electron chi connectivity index (χ2n) is 8.22. The Morgan fingerprint density at radius 3 is 2.76 bits per heavy atom. The zero-order chi connectivity index (χ0) is 23.7. The van der Waals surface area contributed by atoms with Gasteiger partial charge in [-0.25, -0.2) is 9.31 Å². The summed E-state index contributed by atoms with van der Waals surface area (Å²) in [5.41, 5.74) is 4.66. The van der Waals surface area contributed by atoms with Crippen LogP contribution < -0.4 is 10.6 Å². The number of hydrogen-bond donors (Lipinski definition) is 3. The fraction of sp³-hybridized carbons (Fsp3) is 0.304. The smallest absolute Gasteiger partial charge is 0.404 e. The Labute approximate surface area is 199 Å². The van der Waals surface area contributed by atoms with Crippen molar-refractivity contribution in [3.8, 4) is 28.0 Å². The number of rotatable bonds is 5. The Balaban J connectivity index is 1.38. The summed E-state index contributed by atoms with van der Waals surface area (Å²) < 4.78 is 1.76. The van der Waals surface area contributed by atoms with Crippen LogP contribution in [0.5, 0.6) is 0 Å². The molecule has 0 atom stereocenters. The topological polar surface area (TPSA) is 141 Å².